The summed E-state index contributed by atoms with van der Waals surface area (Å²) in [7, 11) is 2.04. The lowest BCUT2D eigenvalue weighted by atomic mass is 10.0. The van der Waals surface area contributed by atoms with E-state index in [0.29, 0.717) is 5.92 Å². The summed E-state index contributed by atoms with van der Waals surface area (Å²) in [4.78, 5) is 0. The van der Waals surface area contributed by atoms with Crippen LogP contribution in [0, 0.1) is 0 Å². The van der Waals surface area contributed by atoms with Crippen LogP contribution in [0.3, 0.4) is 0 Å². The molecule has 1 aromatic carbocycles. The predicted molar refractivity (Wildman–Crippen MR) is 65.3 cm³/mol. The summed E-state index contributed by atoms with van der Waals surface area (Å²) in [5.74, 6) is 0.704. The van der Waals surface area contributed by atoms with Crippen molar-refractivity contribution in [1.29, 1.82) is 0 Å². The number of rotatable bonds is 2. The van der Waals surface area contributed by atoms with Crippen molar-refractivity contribution in [2.45, 2.75) is 31.7 Å². The molecule has 0 amide bonds. The molecule has 2 N–H and O–H groups in total. The van der Waals surface area contributed by atoms with E-state index >= 15 is 0 Å². The van der Waals surface area contributed by atoms with Crippen LogP contribution in [0.15, 0.2) is 18.2 Å². The van der Waals surface area contributed by atoms with Crippen molar-refractivity contribution in [3.05, 3.63) is 29.5 Å². The first-order chi connectivity index (χ1) is 7.68. The van der Waals surface area contributed by atoms with E-state index in [0.717, 1.165) is 5.52 Å². The Morgan fingerprint density at radius 3 is 2.81 bits per heavy atom. The average molecular weight is 215 g/mol. The van der Waals surface area contributed by atoms with E-state index in [1.807, 2.05) is 24.7 Å². The van der Waals surface area contributed by atoms with Crippen molar-refractivity contribution >= 4 is 10.9 Å². The minimum atomic E-state index is 0.0744. The molecular formula is C13H17N3. The molecule has 0 bridgehead atoms. The van der Waals surface area contributed by atoms with E-state index in [1.54, 1.807) is 0 Å². The Balaban J connectivity index is 2.34. The highest BCUT2D eigenvalue weighted by Gasteiger charge is 2.30. The first-order valence-electron chi connectivity index (χ1n) is 5.89. The molecular weight excluding hydrogens is 198 g/mol. The van der Waals surface area contributed by atoms with Gasteiger partial charge in [-0.1, -0.05) is 12.1 Å². The third kappa shape index (κ3) is 1.35. The summed E-state index contributed by atoms with van der Waals surface area (Å²) in [6, 6.07) is 6.32. The van der Waals surface area contributed by atoms with Crippen LogP contribution >= 0.6 is 0 Å². The van der Waals surface area contributed by atoms with E-state index in [1.165, 1.54) is 29.5 Å². The minimum absolute atomic E-state index is 0.0744. The number of benzene rings is 1. The average Bonchev–Trinajstić information content (AvgIpc) is 3.00. The number of hydrogen-bond donors (Lipinski definition) is 1. The number of nitrogens with zero attached hydrogens (tertiary/aromatic N) is 2. The Morgan fingerprint density at radius 1 is 1.44 bits per heavy atom. The van der Waals surface area contributed by atoms with Crippen LogP contribution in [-0.2, 0) is 7.05 Å². The predicted octanol–water partition coefficient (Wildman–Crippen LogP) is 2.47. The number of fused-ring (bicyclic) bond motifs is 1. The summed E-state index contributed by atoms with van der Waals surface area (Å²) in [6.45, 7) is 2.04. The number of nitrogens with two attached hydrogens (primary N) is 1. The molecule has 84 valence electrons. The Morgan fingerprint density at radius 2 is 2.19 bits per heavy atom. The molecule has 16 heavy (non-hydrogen) atoms. The van der Waals surface area contributed by atoms with Crippen molar-refractivity contribution in [1.82, 2.24) is 9.78 Å². The number of hydrogen-bond acceptors (Lipinski definition) is 2. The molecule has 1 fully saturated rings. The fourth-order valence-corrected chi connectivity index (χ4v) is 2.50. The van der Waals surface area contributed by atoms with Gasteiger partial charge in [0.05, 0.1) is 5.52 Å². The molecule has 1 atom stereocenters. The Labute approximate surface area is 95.2 Å². The molecule has 1 aromatic heterocycles. The van der Waals surface area contributed by atoms with Crippen LogP contribution < -0.4 is 5.73 Å². The van der Waals surface area contributed by atoms with E-state index in [2.05, 4.69) is 17.2 Å². The molecule has 3 heteroatoms. The lowest BCUT2D eigenvalue weighted by Crippen LogP contribution is -2.06. The molecule has 3 nitrogen and oxygen atoms in total. The second-order valence-electron chi connectivity index (χ2n) is 4.81. The summed E-state index contributed by atoms with van der Waals surface area (Å²) in [6.07, 6.45) is 2.59. The standard InChI is InChI=1S/C13H17N3/c1-8(14)10-4-3-5-11-12(10)13(9-6-7-9)16(2)15-11/h3-5,8-9H,6-7,14H2,1-2H3. The number of aromatic nitrogens is 2. The van der Waals surface area contributed by atoms with Gasteiger partial charge in [0.25, 0.3) is 0 Å². The zero-order valence-corrected chi connectivity index (χ0v) is 9.77. The normalized spacial score (nSPS) is 17.9. The van der Waals surface area contributed by atoms with E-state index < -0.39 is 0 Å². The molecule has 2 aromatic rings. The van der Waals surface area contributed by atoms with E-state index in [-0.39, 0.29) is 6.04 Å². The van der Waals surface area contributed by atoms with Crippen LogP contribution in [-0.4, -0.2) is 9.78 Å². The number of aryl methyl sites for hydroxylation is 1. The third-order valence-corrected chi connectivity index (χ3v) is 3.39. The minimum Gasteiger partial charge on any atom is -0.324 e. The van der Waals surface area contributed by atoms with Crippen molar-refractivity contribution in [2.75, 3.05) is 0 Å². The van der Waals surface area contributed by atoms with Gasteiger partial charge in [-0.15, -0.1) is 0 Å². The third-order valence-electron chi connectivity index (χ3n) is 3.39. The Hall–Kier alpha value is -1.35. The van der Waals surface area contributed by atoms with Crippen LogP contribution in [0.2, 0.25) is 0 Å². The lowest BCUT2D eigenvalue weighted by Gasteiger charge is -2.08. The molecule has 0 aliphatic heterocycles. The zero-order valence-electron chi connectivity index (χ0n) is 9.77. The molecule has 1 heterocycles. The molecule has 1 aliphatic carbocycles. The topological polar surface area (TPSA) is 43.8 Å². The summed E-state index contributed by atoms with van der Waals surface area (Å²) in [5, 5.41) is 5.87. The van der Waals surface area contributed by atoms with Crippen molar-refractivity contribution < 1.29 is 0 Å². The highest BCUT2D eigenvalue weighted by Crippen LogP contribution is 2.44. The highest BCUT2D eigenvalue weighted by molar-refractivity contribution is 5.86. The molecule has 1 saturated carbocycles. The Bertz CT molecular complexity index is 535. The molecule has 1 unspecified atom stereocenters. The molecule has 3 rings (SSSR count). The van der Waals surface area contributed by atoms with Gasteiger partial charge in [0.2, 0.25) is 0 Å². The van der Waals surface area contributed by atoms with Crippen LogP contribution in [0.5, 0.6) is 0 Å². The fourth-order valence-electron chi connectivity index (χ4n) is 2.50. The quantitative estimate of drug-likeness (QED) is 0.836. The summed E-state index contributed by atoms with van der Waals surface area (Å²) >= 11 is 0. The smallest absolute Gasteiger partial charge is 0.0929 e. The van der Waals surface area contributed by atoms with Gasteiger partial charge < -0.3 is 5.73 Å². The maximum atomic E-state index is 6.04. The van der Waals surface area contributed by atoms with Crippen molar-refractivity contribution in [2.24, 2.45) is 12.8 Å². The van der Waals surface area contributed by atoms with Gasteiger partial charge in [0, 0.05) is 30.1 Å². The van der Waals surface area contributed by atoms with Gasteiger partial charge in [-0.05, 0) is 31.4 Å². The van der Waals surface area contributed by atoms with Crippen LogP contribution in [0.1, 0.15) is 43.0 Å². The van der Waals surface area contributed by atoms with Crippen molar-refractivity contribution in [3.8, 4) is 0 Å². The largest absolute Gasteiger partial charge is 0.324 e. The first-order valence-corrected chi connectivity index (χ1v) is 5.89. The van der Waals surface area contributed by atoms with E-state index in [9.17, 15) is 0 Å². The summed E-state index contributed by atoms with van der Waals surface area (Å²) < 4.78 is 2.04. The van der Waals surface area contributed by atoms with Crippen LogP contribution in [0.25, 0.3) is 10.9 Å². The molecule has 1 aliphatic rings. The molecule has 0 saturated heterocycles. The maximum absolute atomic E-state index is 6.04. The molecule has 0 spiro atoms. The monoisotopic (exact) mass is 215 g/mol. The van der Waals surface area contributed by atoms with Crippen molar-refractivity contribution in [3.63, 3.8) is 0 Å². The fraction of sp³-hybridized carbons (Fsp3) is 0.462. The lowest BCUT2D eigenvalue weighted by molar-refractivity contribution is 0.722. The van der Waals surface area contributed by atoms with Gasteiger partial charge in [-0.25, -0.2) is 0 Å². The highest BCUT2D eigenvalue weighted by atomic mass is 15.3. The van der Waals surface area contributed by atoms with Crippen LogP contribution in [0.4, 0.5) is 0 Å². The zero-order chi connectivity index (χ0) is 11.3. The van der Waals surface area contributed by atoms with Gasteiger partial charge in [-0.2, -0.15) is 5.10 Å². The second-order valence-corrected chi connectivity index (χ2v) is 4.81. The van der Waals surface area contributed by atoms with Gasteiger partial charge in [0.1, 0.15) is 0 Å². The van der Waals surface area contributed by atoms with Gasteiger partial charge in [-0.3, -0.25) is 4.68 Å². The maximum Gasteiger partial charge on any atom is 0.0929 e. The SMILES string of the molecule is CC(N)c1cccc2nn(C)c(C3CC3)c12. The van der Waals surface area contributed by atoms with Gasteiger partial charge in [0.15, 0.2) is 0 Å². The Kier molecular flexibility index (Phi) is 2.04. The van der Waals surface area contributed by atoms with Gasteiger partial charge >= 0.3 is 0 Å². The first kappa shape index (κ1) is 9.85. The second kappa shape index (κ2) is 3.32. The summed E-state index contributed by atoms with van der Waals surface area (Å²) in [5.41, 5.74) is 9.73. The molecule has 0 radical (unpaired) electrons. The van der Waals surface area contributed by atoms with E-state index in [4.69, 9.17) is 5.73 Å².